The monoisotopic (exact) mass is 483 g/mol. The smallest absolute Gasteiger partial charge is 0.251 e. The van der Waals surface area contributed by atoms with Crippen LogP contribution in [0.25, 0.3) is 0 Å². The van der Waals surface area contributed by atoms with E-state index in [4.69, 9.17) is 5.73 Å². The number of anilines is 1. The fourth-order valence-corrected chi connectivity index (χ4v) is 5.44. The maximum absolute atomic E-state index is 13.6. The van der Waals surface area contributed by atoms with Crippen molar-refractivity contribution in [1.82, 2.24) is 15.1 Å². The van der Waals surface area contributed by atoms with Crippen LogP contribution in [0, 0.1) is 5.92 Å². The van der Waals surface area contributed by atoms with Crippen molar-refractivity contribution in [3.63, 3.8) is 0 Å². The Hall–Kier alpha value is -2.94. The molecule has 0 radical (unpaired) electrons. The largest absolute Gasteiger partial charge is 0.378 e. The Kier molecular flexibility index (Phi) is 6.90. The molecule has 0 spiro atoms. The molecule has 2 unspecified atom stereocenters. The topological polar surface area (TPSA) is 116 Å². The molecule has 3 N–H and O–H groups in total. The number of hydrogen-bond acceptors (Lipinski definition) is 6. The number of nitrogens with zero attached hydrogens (tertiary/aromatic N) is 3. The molecule has 2 saturated heterocycles. The average Bonchev–Trinajstić information content (AvgIpc) is 3.37. The third-order valence-corrected chi connectivity index (χ3v) is 7.59. The van der Waals surface area contributed by atoms with Gasteiger partial charge in [-0.2, -0.15) is 0 Å². The number of nitrogens with one attached hydrogen (secondary N) is 1. The maximum atomic E-state index is 13.6. The van der Waals surface area contributed by atoms with Gasteiger partial charge in [0.25, 0.3) is 5.91 Å². The standard InChI is InChI=1S/C26H37N5O4/c1-16(2)14-19(28-23(33)17-6-8-18(9-7-17)29(3)4)24(34)30-13-10-20-22(30)21(32)15-31(20)25(35)26(27)11-5-12-26/h6-9,16,19-20,22H,5,10-15,27H2,1-4H3,(H,28,33)/t19-,20?,22?/m0/s1. The molecule has 9 heteroatoms. The van der Waals surface area contributed by atoms with Gasteiger partial charge in [-0.3, -0.25) is 19.2 Å². The number of likely N-dealkylation sites (tertiary alicyclic amines) is 2. The highest BCUT2D eigenvalue weighted by molar-refractivity contribution is 6.02. The second kappa shape index (κ2) is 9.60. The first kappa shape index (κ1) is 25.2. The highest BCUT2D eigenvalue weighted by Gasteiger charge is 2.55. The molecular weight excluding hydrogens is 446 g/mol. The normalized spacial score (nSPS) is 23.7. The number of benzene rings is 1. The van der Waals surface area contributed by atoms with Gasteiger partial charge in [-0.15, -0.1) is 0 Å². The molecule has 1 aliphatic carbocycles. The van der Waals surface area contributed by atoms with Gasteiger partial charge in [0.2, 0.25) is 11.8 Å². The van der Waals surface area contributed by atoms with Crippen LogP contribution in [0.3, 0.4) is 0 Å². The van der Waals surface area contributed by atoms with E-state index in [-0.39, 0.29) is 42.0 Å². The lowest BCUT2D eigenvalue weighted by Gasteiger charge is -2.40. The Bertz CT molecular complexity index is 1000. The van der Waals surface area contributed by atoms with Crippen molar-refractivity contribution < 1.29 is 19.2 Å². The van der Waals surface area contributed by atoms with Crippen LogP contribution in [0.5, 0.6) is 0 Å². The SMILES string of the molecule is CC(C)C[C@H](NC(=O)c1ccc(N(C)C)cc1)C(=O)N1CCC2C1C(=O)CN2C(=O)C1(N)CCC1. The fourth-order valence-electron chi connectivity index (χ4n) is 5.44. The summed E-state index contributed by atoms with van der Waals surface area (Å²) < 4.78 is 0. The zero-order valence-corrected chi connectivity index (χ0v) is 21.1. The third kappa shape index (κ3) is 4.78. The Morgan fingerprint density at radius 3 is 2.34 bits per heavy atom. The summed E-state index contributed by atoms with van der Waals surface area (Å²) in [5, 5.41) is 2.91. The molecule has 2 aliphatic heterocycles. The van der Waals surface area contributed by atoms with Crippen LogP contribution in [0.15, 0.2) is 24.3 Å². The minimum absolute atomic E-state index is 0.00364. The molecule has 0 bridgehead atoms. The molecule has 190 valence electrons. The average molecular weight is 484 g/mol. The molecule has 1 aromatic rings. The Balaban J connectivity index is 1.48. The zero-order valence-electron chi connectivity index (χ0n) is 21.1. The molecule has 1 saturated carbocycles. The van der Waals surface area contributed by atoms with E-state index in [0.29, 0.717) is 37.8 Å². The molecule has 35 heavy (non-hydrogen) atoms. The number of carbonyl (C=O) groups is 4. The minimum Gasteiger partial charge on any atom is -0.378 e. The summed E-state index contributed by atoms with van der Waals surface area (Å²) in [5.41, 5.74) is 6.83. The second-order valence-corrected chi connectivity index (χ2v) is 10.8. The molecule has 9 nitrogen and oxygen atoms in total. The van der Waals surface area contributed by atoms with E-state index in [1.165, 1.54) is 0 Å². The molecule has 1 aromatic carbocycles. The highest BCUT2D eigenvalue weighted by atomic mass is 16.2. The van der Waals surface area contributed by atoms with Crippen molar-refractivity contribution in [2.24, 2.45) is 11.7 Å². The number of Topliss-reactive ketones (excluding diaryl/α,β-unsaturated/α-hetero) is 1. The maximum Gasteiger partial charge on any atom is 0.251 e. The first-order chi connectivity index (χ1) is 16.5. The summed E-state index contributed by atoms with van der Waals surface area (Å²) in [6, 6.07) is 5.43. The summed E-state index contributed by atoms with van der Waals surface area (Å²) in [4.78, 5) is 57.8. The fraction of sp³-hybridized carbons (Fsp3) is 0.615. The van der Waals surface area contributed by atoms with Crippen molar-refractivity contribution in [2.75, 3.05) is 32.1 Å². The molecule has 2 heterocycles. The van der Waals surface area contributed by atoms with Crippen LogP contribution < -0.4 is 16.0 Å². The number of nitrogens with two attached hydrogens (primary N) is 1. The number of hydrogen-bond donors (Lipinski definition) is 2. The minimum atomic E-state index is -0.872. The number of amides is 3. The summed E-state index contributed by atoms with van der Waals surface area (Å²) in [5.74, 6) is -0.738. The molecule has 3 aliphatic rings. The van der Waals surface area contributed by atoms with Gasteiger partial charge in [0.15, 0.2) is 5.78 Å². The number of carbonyl (C=O) groups excluding carboxylic acids is 4. The summed E-state index contributed by atoms with van der Waals surface area (Å²) >= 11 is 0. The van der Waals surface area contributed by atoms with Crippen LogP contribution in [0.4, 0.5) is 5.69 Å². The Morgan fingerprint density at radius 2 is 1.80 bits per heavy atom. The van der Waals surface area contributed by atoms with E-state index in [9.17, 15) is 19.2 Å². The molecule has 3 amide bonds. The van der Waals surface area contributed by atoms with E-state index in [2.05, 4.69) is 5.32 Å². The van der Waals surface area contributed by atoms with Gasteiger partial charge in [0.1, 0.15) is 12.1 Å². The molecular formula is C26H37N5O4. The van der Waals surface area contributed by atoms with Crippen molar-refractivity contribution in [3.8, 4) is 0 Å². The number of rotatable bonds is 7. The van der Waals surface area contributed by atoms with Crippen LogP contribution in [0.2, 0.25) is 0 Å². The molecule has 4 rings (SSSR count). The first-order valence-corrected chi connectivity index (χ1v) is 12.5. The molecule has 3 atom stereocenters. The number of ketones is 1. The zero-order chi connectivity index (χ0) is 25.5. The van der Waals surface area contributed by atoms with E-state index in [1.54, 1.807) is 21.9 Å². The van der Waals surface area contributed by atoms with Gasteiger partial charge in [-0.05, 0) is 62.3 Å². The molecule has 3 fully saturated rings. The van der Waals surface area contributed by atoms with Crippen molar-refractivity contribution in [3.05, 3.63) is 29.8 Å². The predicted molar refractivity (Wildman–Crippen MR) is 133 cm³/mol. The van der Waals surface area contributed by atoms with Crippen LogP contribution in [0.1, 0.15) is 56.3 Å². The molecule has 0 aromatic heterocycles. The van der Waals surface area contributed by atoms with Crippen LogP contribution in [-0.4, -0.2) is 84.2 Å². The Morgan fingerprint density at radius 1 is 1.14 bits per heavy atom. The van der Waals surface area contributed by atoms with Gasteiger partial charge in [0.05, 0.1) is 18.1 Å². The van der Waals surface area contributed by atoms with E-state index < -0.39 is 17.6 Å². The lowest BCUT2D eigenvalue weighted by atomic mass is 9.76. The highest BCUT2D eigenvalue weighted by Crippen LogP contribution is 2.36. The van der Waals surface area contributed by atoms with Crippen LogP contribution >= 0.6 is 0 Å². The third-order valence-electron chi connectivity index (χ3n) is 7.59. The second-order valence-electron chi connectivity index (χ2n) is 10.8. The van der Waals surface area contributed by atoms with Gasteiger partial charge in [-0.1, -0.05) is 13.8 Å². The van der Waals surface area contributed by atoms with Gasteiger partial charge in [0, 0.05) is 31.9 Å². The summed E-state index contributed by atoms with van der Waals surface area (Å²) in [6.07, 6.45) is 3.18. The summed E-state index contributed by atoms with van der Waals surface area (Å²) in [7, 11) is 3.85. The van der Waals surface area contributed by atoms with Crippen molar-refractivity contribution >= 4 is 29.2 Å². The summed E-state index contributed by atoms with van der Waals surface area (Å²) in [6.45, 7) is 4.36. The van der Waals surface area contributed by atoms with Gasteiger partial charge in [-0.25, -0.2) is 0 Å². The van der Waals surface area contributed by atoms with Gasteiger partial charge < -0.3 is 25.8 Å². The first-order valence-electron chi connectivity index (χ1n) is 12.5. The van der Waals surface area contributed by atoms with Crippen molar-refractivity contribution in [1.29, 1.82) is 0 Å². The van der Waals surface area contributed by atoms with Crippen molar-refractivity contribution in [2.45, 2.75) is 69.6 Å². The quantitative estimate of drug-likeness (QED) is 0.601. The lowest BCUT2D eigenvalue weighted by molar-refractivity contribution is -0.141. The van der Waals surface area contributed by atoms with E-state index in [1.807, 2.05) is 45.0 Å². The van der Waals surface area contributed by atoms with E-state index in [0.717, 1.165) is 12.1 Å². The number of fused-ring (bicyclic) bond motifs is 1. The van der Waals surface area contributed by atoms with Crippen LogP contribution in [-0.2, 0) is 14.4 Å². The van der Waals surface area contributed by atoms with Gasteiger partial charge >= 0.3 is 0 Å². The lowest BCUT2D eigenvalue weighted by Crippen LogP contribution is -2.60. The Labute approximate surface area is 207 Å². The predicted octanol–water partition coefficient (Wildman–Crippen LogP) is 1.16. The van der Waals surface area contributed by atoms with E-state index >= 15 is 0 Å².